The molecule has 2 aromatic heterocycles. The van der Waals surface area contributed by atoms with Crippen molar-refractivity contribution in [3.05, 3.63) is 76.1 Å². The van der Waals surface area contributed by atoms with E-state index >= 15 is 0 Å². The Labute approximate surface area is 244 Å². The number of halogens is 4. The van der Waals surface area contributed by atoms with Crippen molar-refractivity contribution in [3.8, 4) is 0 Å². The van der Waals surface area contributed by atoms with E-state index in [0.717, 1.165) is 6.20 Å². The summed E-state index contributed by atoms with van der Waals surface area (Å²) in [6.45, 7) is 0.770. The Morgan fingerprint density at radius 1 is 1.14 bits per heavy atom. The molecule has 1 saturated heterocycles. The molecule has 1 aliphatic carbocycles. The van der Waals surface area contributed by atoms with E-state index in [4.69, 9.17) is 11.6 Å². The number of hydrogen-bond acceptors (Lipinski definition) is 5. The quantitative estimate of drug-likeness (QED) is 0.455. The number of amides is 3. The van der Waals surface area contributed by atoms with E-state index in [1.807, 2.05) is 0 Å². The van der Waals surface area contributed by atoms with Crippen LogP contribution in [0.1, 0.15) is 64.2 Å². The predicted molar refractivity (Wildman–Crippen MR) is 147 cm³/mol. The van der Waals surface area contributed by atoms with Crippen LogP contribution >= 0.6 is 11.6 Å². The second kappa shape index (κ2) is 10.7. The van der Waals surface area contributed by atoms with Gasteiger partial charge in [-0.3, -0.25) is 24.0 Å². The molecule has 4 heterocycles. The minimum atomic E-state index is -2.91. The van der Waals surface area contributed by atoms with Crippen LogP contribution in [0.3, 0.4) is 0 Å². The molecule has 220 valence electrons. The summed E-state index contributed by atoms with van der Waals surface area (Å²) in [6.07, 6.45) is 2.23. The molecule has 42 heavy (non-hydrogen) atoms. The fourth-order valence-corrected chi connectivity index (χ4v) is 6.57. The van der Waals surface area contributed by atoms with Crippen LogP contribution in [0.15, 0.2) is 42.7 Å². The molecular formula is C29H28ClF3N6O3. The van der Waals surface area contributed by atoms with Gasteiger partial charge in [0.15, 0.2) is 0 Å². The van der Waals surface area contributed by atoms with Gasteiger partial charge >= 0.3 is 0 Å². The van der Waals surface area contributed by atoms with Crippen molar-refractivity contribution in [3.63, 3.8) is 0 Å². The molecule has 0 bridgehead atoms. The van der Waals surface area contributed by atoms with Crippen LogP contribution in [0.25, 0.3) is 0 Å². The van der Waals surface area contributed by atoms with Crippen molar-refractivity contribution in [1.29, 1.82) is 0 Å². The van der Waals surface area contributed by atoms with Gasteiger partial charge in [0.25, 0.3) is 18.2 Å². The Kier molecular flexibility index (Phi) is 7.20. The van der Waals surface area contributed by atoms with Crippen LogP contribution in [-0.4, -0.2) is 63.1 Å². The number of aromatic nitrogens is 3. The van der Waals surface area contributed by atoms with Gasteiger partial charge in [-0.05, 0) is 61.4 Å². The third kappa shape index (κ3) is 4.81. The van der Waals surface area contributed by atoms with E-state index < -0.39 is 29.3 Å². The first kappa shape index (κ1) is 28.2. The Morgan fingerprint density at radius 2 is 1.88 bits per heavy atom. The van der Waals surface area contributed by atoms with E-state index in [0.29, 0.717) is 49.2 Å². The largest absolute Gasteiger partial charge is 0.349 e. The van der Waals surface area contributed by atoms with Gasteiger partial charge in [0.05, 0.1) is 16.3 Å². The summed E-state index contributed by atoms with van der Waals surface area (Å²) < 4.78 is 42.6. The SMILES string of the molecule is Cn1nccc1C(=O)N1CC2(C1)C(=O)N(CC1CCC(NC(=O)c3cc(Cl)cnc3C(F)F)CC1)c1cc(F)ccc12. The van der Waals surface area contributed by atoms with Crippen molar-refractivity contribution in [2.24, 2.45) is 13.0 Å². The monoisotopic (exact) mass is 600 g/mol. The Balaban J connectivity index is 1.11. The number of carbonyl (C=O) groups excluding carboxylic acids is 3. The highest BCUT2D eigenvalue weighted by atomic mass is 35.5. The summed E-state index contributed by atoms with van der Waals surface area (Å²) in [5.74, 6) is -1.38. The minimum absolute atomic E-state index is 0.0880. The molecule has 1 aromatic carbocycles. The molecule has 1 spiro atoms. The smallest absolute Gasteiger partial charge is 0.281 e. The molecule has 1 saturated carbocycles. The predicted octanol–water partition coefficient (Wildman–Crippen LogP) is 4.27. The molecule has 2 fully saturated rings. The topological polar surface area (TPSA) is 100 Å². The molecule has 1 N–H and O–H groups in total. The highest BCUT2D eigenvalue weighted by Gasteiger charge is 2.59. The van der Waals surface area contributed by atoms with Gasteiger partial charge in [0, 0.05) is 45.1 Å². The number of fused-ring (bicyclic) bond motifs is 2. The van der Waals surface area contributed by atoms with Crippen molar-refractivity contribution >= 4 is 35.0 Å². The molecule has 6 rings (SSSR count). The fraction of sp³-hybridized carbons (Fsp3) is 0.414. The van der Waals surface area contributed by atoms with Crippen LogP contribution in [0, 0.1) is 11.7 Å². The molecule has 0 radical (unpaired) electrons. The number of nitrogens with zero attached hydrogens (tertiary/aromatic N) is 5. The van der Waals surface area contributed by atoms with E-state index in [1.54, 1.807) is 35.2 Å². The molecular weight excluding hydrogens is 573 g/mol. The molecule has 3 aliphatic rings. The Bertz CT molecular complexity index is 1570. The van der Waals surface area contributed by atoms with Gasteiger partial charge in [-0.25, -0.2) is 13.2 Å². The second-order valence-corrected chi connectivity index (χ2v) is 11.7. The molecule has 3 aromatic rings. The number of carbonyl (C=O) groups is 3. The zero-order valence-corrected chi connectivity index (χ0v) is 23.5. The number of anilines is 1. The minimum Gasteiger partial charge on any atom is -0.349 e. The summed E-state index contributed by atoms with van der Waals surface area (Å²) in [7, 11) is 1.68. The summed E-state index contributed by atoms with van der Waals surface area (Å²) >= 11 is 5.89. The zero-order chi connectivity index (χ0) is 29.8. The molecule has 0 atom stereocenters. The fourth-order valence-electron chi connectivity index (χ4n) is 6.41. The number of aryl methyl sites for hydroxylation is 1. The number of alkyl halides is 2. The van der Waals surface area contributed by atoms with Crippen molar-refractivity contribution in [1.82, 2.24) is 25.0 Å². The number of benzene rings is 1. The first-order valence-corrected chi connectivity index (χ1v) is 14.1. The van der Waals surface area contributed by atoms with E-state index in [9.17, 15) is 27.6 Å². The van der Waals surface area contributed by atoms with Crippen molar-refractivity contribution in [2.45, 2.75) is 43.6 Å². The lowest BCUT2D eigenvalue weighted by Gasteiger charge is -2.46. The molecule has 9 nitrogen and oxygen atoms in total. The van der Waals surface area contributed by atoms with E-state index in [1.165, 1.54) is 22.9 Å². The number of hydrogen-bond donors (Lipinski definition) is 1. The van der Waals surface area contributed by atoms with Crippen molar-refractivity contribution < 1.29 is 27.6 Å². The third-order valence-electron chi connectivity index (χ3n) is 8.63. The first-order chi connectivity index (χ1) is 20.1. The number of nitrogens with one attached hydrogen (secondary N) is 1. The Hall–Kier alpha value is -3.93. The van der Waals surface area contributed by atoms with Crippen LogP contribution < -0.4 is 10.2 Å². The van der Waals surface area contributed by atoms with Crippen molar-refractivity contribution in [2.75, 3.05) is 24.5 Å². The third-order valence-corrected chi connectivity index (χ3v) is 8.84. The lowest BCUT2D eigenvalue weighted by Crippen LogP contribution is -2.65. The normalized spacial score (nSPS) is 21.0. The van der Waals surface area contributed by atoms with Crippen LogP contribution in [0.5, 0.6) is 0 Å². The van der Waals surface area contributed by atoms with Gasteiger partial charge in [-0.2, -0.15) is 5.10 Å². The average Bonchev–Trinajstić information content (AvgIpc) is 3.47. The summed E-state index contributed by atoms with van der Waals surface area (Å²) in [6, 6.07) is 6.93. The summed E-state index contributed by atoms with van der Waals surface area (Å²) in [5.41, 5.74) is -0.120. The molecule has 3 amide bonds. The summed E-state index contributed by atoms with van der Waals surface area (Å²) in [5, 5.41) is 6.96. The van der Waals surface area contributed by atoms with Gasteiger partial charge in [0.2, 0.25) is 5.91 Å². The van der Waals surface area contributed by atoms with Gasteiger partial charge < -0.3 is 15.1 Å². The molecule has 0 unspecified atom stereocenters. The standard InChI is InChI=1S/C29H28ClF3N6O3/c1-37-22(8-9-35-37)27(41)38-14-29(15-38)21-7-4-18(31)11-23(21)39(28(29)42)13-16-2-5-19(6-3-16)36-26(40)20-10-17(30)12-34-24(20)25(32)33/h4,7-12,16,19,25H,2-3,5-6,13-15H2,1H3,(H,36,40). The van der Waals surface area contributed by atoms with E-state index in [-0.39, 0.29) is 47.4 Å². The van der Waals surface area contributed by atoms with Gasteiger partial charge in [0.1, 0.15) is 22.6 Å². The van der Waals surface area contributed by atoms with Gasteiger partial charge in [-0.1, -0.05) is 17.7 Å². The summed E-state index contributed by atoms with van der Waals surface area (Å²) in [4.78, 5) is 46.5. The Morgan fingerprint density at radius 3 is 2.55 bits per heavy atom. The lowest BCUT2D eigenvalue weighted by atomic mass is 9.74. The lowest BCUT2D eigenvalue weighted by molar-refractivity contribution is -0.128. The molecule has 13 heteroatoms. The second-order valence-electron chi connectivity index (χ2n) is 11.2. The van der Waals surface area contributed by atoms with Crippen LogP contribution in [-0.2, 0) is 17.3 Å². The first-order valence-electron chi connectivity index (χ1n) is 13.7. The van der Waals surface area contributed by atoms with Crippen LogP contribution in [0.2, 0.25) is 5.02 Å². The highest BCUT2D eigenvalue weighted by molar-refractivity contribution is 6.30. The highest BCUT2D eigenvalue weighted by Crippen LogP contribution is 2.48. The maximum atomic E-state index is 14.4. The maximum Gasteiger partial charge on any atom is 0.281 e. The number of pyridine rings is 1. The zero-order valence-electron chi connectivity index (χ0n) is 22.7. The number of likely N-dealkylation sites (tertiary alicyclic amines) is 1. The average molecular weight is 601 g/mol. The molecule has 2 aliphatic heterocycles. The van der Waals surface area contributed by atoms with Crippen LogP contribution in [0.4, 0.5) is 18.9 Å². The maximum absolute atomic E-state index is 14.4. The van der Waals surface area contributed by atoms with E-state index in [2.05, 4.69) is 15.4 Å². The number of rotatable bonds is 6. The van der Waals surface area contributed by atoms with Gasteiger partial charge in [-0.15, -0.1) is 0 Å².